The second-order valence-electron chi connectivity index (χ2n) is 2.00. The first-order valence-electron chi connectivity index (χ1n) is 3.01. The zero-order chi connectivity index (χ0) is 7.40. The Morgan fingerprint density at radius 3 is 2.40 bits per heavy atom. The Labute approximate surface area is 64.7 Å². The molecule has 1 rings (SSSR count). The molecule has 0 aromatic heterocycles. The van der Waals surface area contributed by atoms with Crippen LogP contribution < -0.4 is 0 Å². The topological polar surface area (TPSA) is 0 Å². The van der Waals surface area contributed by atoms with Crippen molar-refractivity contribution in [1.82, 2.24) is 0 Å². The van der Waals surface area contributed by atoms with Crippen LogP contribution in [0.15, 0.2) is 24.3 Å². The van der Waals surface area contributed by atoms with Gasteiger partial charge in [0.15, 0.2) is 0 Å². The van der Waals surface area contributed by atoms with E-state index in [2.05, 4.69) is 12.2 Å². The zero-order valence-electron chi connectivity index (χ0n) is 5.38. The maximum absolute atomic E-state index is 12.3. The zero-order valence-corrected chi connectivity index (χ0v) is 6.20. The molecule has 1 aromatic carbocycles. The largest absolute Gasteiger partial charge is 0.207 e. The lowest BCUT2D eigenvalue weighted by atomic mass is 10.2. The van der Waals surface area contributed by atoms with Crippen molar-refractivity contribution in [1.29, 1.82) is 0 Å². The van der Waals surface area contributed by atoms with Gasteiger partial charge in [-0.25, -0.2) is 4.39 Å². The highest BCUT2D eigenvalue weighted by atomic mass is 32.1. The van der Waals surface area contributed by atoms with Gasteiger partial charge >= 0.3 is 0 Å². The van der Waals surface area contributed by atoms with Gasteiger partial charge in [-0.3, -0.25) is 0 Å². The third-order valence-corrected chi connectivity index (χ3v) is 1.40. The van der Waals surface area contributed by atoms with E-state index < -0.39 is 0 Å². The van der Waals surface area contributed by atoms with Crippen molar-refractivity contribution in [2.45, 2.75) is 6.42 Å². The highest BCUT2D eigenvalue weighted by Gasteiger charge is 1.89. The first kappa shape index (κ1) is 7.35. The summed E-state index contributed by atoms with van der Waals surface area (Å²) in [6.45, 7) is 0. The molecule has 1 aromatic rings. The summed E-state index contributed by atoms with van der Waals surface area (Å²) in [6.07, 6.45) is 0.732. The maximum Gasteiger partial charge on any atom is 0.123 e. The predicted octanol–water partition coefficient (Wildman–Crippen LogP) is 2.37. The molecule has 0 aliphatic rings. The smallest absolute Gasteiger partial charge is 0.123 e. The normalized spacial score (nSPS) is 9.30. The van der Waals surface area contributed by atoms with Crippen LogP contribution in [0.2, 0.25) is 0 Å². The average molecular weight is 154 g/mol. The van der Waals surface area contributed by atoms with Crippen molar-refractivity contribution in [3.8, 4) is 0 Å². The van der Waals surface area contributed by atoms with E-state index in [1.807, 2.05) is 0 Å². The van der Waals surface area contributed by atoms with Gasteiger partial charge in [-0.1, -0.05) is 24.4 Å². The fourth-order valence-electron chi connectivity index (χ4n) is 0.717. The maximum atomic E-state index is 12.3. The van der Waals surface area contributed by atoms with Gasteiger partial charge in [0.2, 0.25) is 0 Å². The molecule has 10 heavy (non-hydrogen) atoms. The Balaban J connectivity index is 2.78. The molecule has 0 spiro atoms. The van der Waals surface area contributed by atoms with Crippen molar-refractivity contribution in [2.75, 3.05) is 0 Å². The molecule has 0 saturated carbocycles. The van der Waals surface area contributed by atoms with E-state index in [1.54, 1.807) is 17.5 Å². The van der Waals surface area contributed by atoms with Gasteiger partial charge in [0.1, 0.15) is 5.82 Å². The van der Waals surface area contributed by atoms with Crippen LogP contribution in [0.25, 0.3) is 0 Å². The minimum atomic E-state index is -0.201. The van der Waals surface area contributed by atoms with Gasteiger partial charge in [0, 0.05) is 6.42 Å². The fourth-order valence-corrected chi connectivity index (χ4v) is 0.909. The summed E-state index contributed by atoms with van der Waals surface area (Å²) in [6, 6.07) is 6.35. The minimum Gasteiger partial charge on any atom is -0.207 e. The monoisotopic (exact) mass is 154 g/mol. The van der Waals surface area contributed by atoms with Crippen LogP contribution in [0.3, 0.4) is 0 Å². The van der Waals surface area contributed by atoms with Crippen molar-refractivity contribution < 1.29 is 4.39 Å². The summed E-state index contributed by atoms with van der Waals surface area (Å²) in [5, 5.41) is 1.63. The van der Waals surface area contributed by atoms with Gasteiger partial charge in [-0.05, 0) is 23.1 Å². The molecule has 2 heteroatoms. The Kier molecular flexibility index (Phi) is 2.51. The van der Waals surface area contributed by atoms with E-state index in [1.165, 1.54) is 12.1 Å². The lowest BCUT2D eigenvalue weighted by molar-refractivity contribution is 0.627. The summed E-state index contributed by atoms with van der Waals surface area (Å²) in [5.74, 6) is -0.201. The molecule has 0 nitrogen and oxygen atoms in total. The number of halogens is 1. The minimum absolute atomic E-state index is 0.201. The molecule has 0 fully saturated rings. The summed E-state index contributed by atoms with van der Waals surface area (Å²) in [5.41, 5.74) is 1.05. The van der Waals surface area contributed by atoms with Crippen LogP contribution in [-0.2, 0) is 6.42 Å². The lowest BCUT2D eigenvalue weighted by Gasteiger charge is -1.92. The van der Waals surface area contributed by atoms with E-state index in [9.17, 15) is 4.39 Å². The second-order valence-corrected chi connectivity index (χ2v) is 2.33. The van der Waals surface area contributed by atoms with Crippen molar-refractivity contribution in [3.63, 3.8) is 0 Å². The van der Waals surface area contributed by atoms with Gasteiger partial charge in [0.05, 0.1) is 0 Å². The summed E-state index contributed by atoms with van der Waals surface area (Å²) in [4.78, 5) is 0. The van der Waals surface area contributed by atoms with E-state index in [-0.39, 0.29) is 5.82 Å². The number of thiocarbonyl (C=S) groups is 1. The molecule has 0 radical (unpaired) electrons. The number of hydrogen-bond acceptors (Lipinski definition) is 1. The Morgan fingerprint density at radius 2 is 1.90 bits per heavy atom. The molecule has 0 saturated heterocycles. The molecule has 0 atom stereocenters. The van der Waals surface area contributed by atoms with E-state index in [4.69, 9.17) is 0 Å². The summed E-state index contributed by atoms with van der Waals surface area (Å²) in [7, 11) is 0. The number of benzene rings is 1. The molecule has 0 amide bonds. The summed E-state index contributed by atoms with van der Waals surface area (Å²) >= 11 is 4.65. The van der Waals surface area contributed by atoms with Crippen LogP contribution in [0.5, 0.6) is 0 Å². The second kappa shape index (κ2) is 3.42. The van der Waals surface area contributed by atoms with Crippen molar-refractivity contribution in [2.24, 2.45) is 0 Å². The van der Waals surface area contributed by atoms with E-state index in [0.717, 1.165) is 12.0 Å². The SMILES string of the molecule is Fc1ccc(CC=S)cc1. The lowest BCUT2D eigenvalue weighted by Crippen LogP contribution is -1.83. The molecular weight excluding hydrogens is 147 g/mol. The fraction of sp³-hybridized carbons (Fsp3) is 0.125. The van der Waals surface area contributed by atoms with Gasteiger partial charge in [0.25, 0.3) is 0 Å². The van der Waals surface area contributed by atoms with Crippen molar-refractivity contribution in [3.05, 3.63) is 35.6 Å². The molecule has 52 valence electrons. The predicted molar refractivity (Wildman–Crippen MR) is 43.8 cm³/mol. The molecular formula is C8H7FS. The van der Waals surface area contributed by atoms with Crippen LogP contribution in [-0.4, -0.2) is 5.37 Å². The van der Waals surface area contributed by atoms with Crippen LogP contribution in [0.4, 0.5) is 4.39 Å². The highest BCUT2D eigenvalue weighted by Crippen LogP contribution is 2.01. The van der Waals surface area contributed by atoms with Gasteiger partial charge in [-0.15, -0.1) is 0 Å². The first-order chi connectivity index (χ1) is 4.83. The molecule has 0 bridgehead atoms. The van der Waals surface area contributed by atoms with Crippen molar-refractivity contribution >= 4 is 17.6 Å². The number of hydrogen-bond donors (Lipinski definition) is 0. The Bertz CT molecular complexity index is 215. The van der Waals surface area contributed by atoms with Crippen LogP contribution in [0, 0.1) is 5.82 Å². The Hall–Kier alpha value is -0.760. The Morgan fingerprint density at radius 1 is 1.30 bits per heavy atom. The molecule has 0 heterocycles. The average Bonchev–Trinajstić information content (AvgIpc) is 1.95. The van der Waals surface area contributed by atoms with Crippen LogP contribution >= 0.6 is 12.2 Å². The first-order valence-corrected chi connectivity index (χ1v) is 3.48. The third-order valence-electron chi connectivity index (χ3n) is 1.23. The third kappa shape index (κ3) is 1.88. The highest BCUT2D eigenvalue weighted by molar-refractivity contribution is 7.78. The van der Waals surface area contributed by atoms with Gasteiger partial charge < -0.3 is 0 Å². The number of rotatable bonds is 2. The van der Waals surface area contributed by atoms with Crippen LogP contribution in [0.1, 0.15) is 5.56 Å². The molecule has 0 N–H and O–H groups in total. The quantitative estimate of drug-likeness (QED) is 0.589. The van der Waals surface area contributed by atoms with E-state index in [0.29, 0.717) is 0 Å². The summed E-state index contributed by atoms with van der Waals surface area (Å²) < 4.78 is 12.3. The van der Waals surface area contributed by atoms with E-state index >= 15 is 0 Å². The molecule has 0 aliphatic carbocycles. The molecule has 0 aliphatic heterocycles. The standard InChI is InChI=1S/C8H7FS/c9-8-3-1-7(2-4-8)5-6-10/h1-4,6H,5H2. The molecule has 0 unspecified atom stereocenters. The van der Waals surface area contributed by atoms with Gasteiger partial charge in [-0.2, -0.15) is 0 Å².